The molecule has 1 aliphatic rings. The van der Waals surface area contributed by atoms with Crippen LogP contribution in [0.25, 0.3) is 11.0 Å². The SMILES string of the molecule is C[C@@H](O)CNc1nc(Oc2ccc(F)cc2F)nc2[nH]nc(C3CCCC3)c12. The lowest BCUT2D eigenvalue weighted by Crippen LogP contribution is -2.16. The fourth-order valence-electron chi connectivity index (χ4n) is 3.50. The van der Waals surface area contributed by atoms with Crippen LogP contribution in [0.5, 0.6) is 11.8 Å². The highest BCUT2D eigenvalue weighted by atomic mass is 19.1. The molecule has 28 heavy (non-hydrogen) atoms. The molecule has 2 aromatic heterocycles. The normalized spacial score (nSPS) is 15.9. The summed E-state index contributed by atoms with van der Waals surface area (Å²) in [5.74, 6) is -0.948. The number of ether oxygens (including phenoxy) is 1. The van der Waals surface area contributed by atoms with Crippen LogP contribution in [0.4, 0.5) is 14.6 Å². The van der Waals surface area contributed by atoms with Gasteiger partial charge >= 0.3 is 6.01 Å². The van der Waals surface area contributed by atoms with Gasteiger partial charge < -0.3 is 15.2 Å². The number of nitrogens with zero attached hydrogens (tertiary/aromatic N) is 3. The molecule has 148 valence electrons. The van der Waals surface area contributed by atoms with Gasteiger partial charge in [0.25, 0.3) is 0 Å². The molecule has 0 unspecified atom stereocenters. The van der Waals surface area contributed by atoms with E-state index in [0.29, 0.717) is 17.4 Å². The van der Waals surface area contributed by atoms with Crippen LogP contribution >= 0.6 is 0 Å². The zero-order chi connectivity index (χ0) is 19.7. The van der Waals surface area contributed by atoms with Crippen molar-refractivity contribution >= 4 is 16.9 Å². The summed E-state index contributed by atoms with van der Waals surface area (Å²) in [6.45, 7) is 1.93. The highest BCUT2D eigenvalue weighted by Gasteiger charge is 2.25. The van der Waals surface area contributed by atoms with Crippen LogP contribution in [0.3, 0.4) is 0 Å². The van der Waals surface area contributed by atoms with Gasteiger partial charge in [0.2, 0.25) is 0 Å². The fourth-order valence-corrected chi connectivity index (χ4v) is 3.50. The predicted octanol–water partition coefficient (Wildman–Crippen LogP) is 3.87. The van der Waals surface area contributed by atoms with Crippen molar-refractivity contribution in [3.63, 3.8) is 0 Å². The van der Waals surface area contributed by atoms with Crippen LogP contribution in [0.15, 0.2) is 18.2 Å². The molecule has 3 aromatic rings. The molecule has 1 aliphatic carbocycles. The fraction of sp³-hybridized carbons (Fsp3) is 0.421. The van der Waals surface area contributed by atoms with Crippen molar-refractivity contribution in [2.75, 3.05) is 11.9 Å². The summed E-state index contributed by atoms with van der Waals surface area (Å²) in [6.07, 6.45) is 3.82. The highest BCUT2D eigenvalue weighted by Crippen LogP contribution is 2.38. The Morgan fingerprint density at radius 2 is 2.07 bits per heavy atom. The largest absolute Gasteiger partial charge is 0.421 e. The van der Waals surface area contributed by atoms with Crippen molar-refractivity contribution in [2.24, 2.45) is 0 Å². The number of aromatic nitrogens is 4. The molecule has 0 bridgehead atoms. The molecule has 4 rings (SSSR count). The molecular formula is C19H21F2N5O2. The van der Waals surface area contributed by atoms with Crippen molar-refractivity contribution < 1.29 is 18.6 Å². The van der Waals surface area contributed by atoms with Crippen molar-refractivity contribution in [1.82, 2.24) is 20.2 Å². The molecule has 0 amide bonds. The standard InChI is InChI=1S/C19H21F2N5O2/c1-10(27)9-22-17-15-16(11-4-2-3-5-11)25-26-18(15)24-19(23-17)28-14-7-6-12(20)8-13(14)21/h6-8,10-11,27H,2-5,9H2,1H3,(H2,22,23,24,25,26)/t10-/m1/s1. The summed E-state index contributed by atoms with van der Waals surface area (Å²) >= 11 is 0. The lowest BCUT2D eigenvalue weighted by atomic mass is 10.0. The minimum atomic E-state index is -0.849. The maximum absolute atomic E-state index is 13.9. The number of nitrogens with one attached hydrogen (secondary N) is 2. The van der Waals surface area contributed by atoms with E-state index < -0.39 is 17.7 Å². The molecule has 1 saturated carbocycles. The number of hydrogen-bond donors (Lipinski definition) is 3. The van der Waals surface area contributed by atoms with Gasteiger partial charge in [-0.05, 0) is 31.9 Å². The number of anilines is 1. The third kappa shape index (κ3) is 3.75. The molecule has 0 saturated heterocycles. The number of hydrogen-bond acceptors (Lipinski definition) is 6. The molecule has 0 spiro atoms. The Morgan fingerprint density at radius 3 is 2.79 bits per heavy atom. The Balaban J connectivity index is 1.73. The molecule has 9 heteroatoms. The van der Waals surface area contributed by atoms with Crippen LogP contribution < -0.4 is 10.1 Å². The first kappa shape index (κ1) is 18.5. The second-order valence-electron chi connectivity index (χ2n) is 7.08. The first-order valence-corrected chi connectivity index (χ1v) is 9.32. The molecule has 0 radical (unpaired) electrons. The summed E-state index contributed by atoms with van der Waals surface area (Å²) < 4.78 is 32.5. The Hall–Kier alpha value is -2.81. The first-order chi connectivity index (χ1) is 13.5. The molecule has 0 aliphatic heterocycles. The Bertz CT molecular complexity index is 986. The van der Waals surface area contributed by atoms with Gasteiger partial charge in [0.05, 0.1) is 17.2 Å². The lowest BCUT2D eigenvalue weighted by Gasteiger charge is -2.13. The number of aromatic amines is 1. The van der Waals surface area contributed by atoms with Crippen LogP contribution in [0.2, 0.25) is 0 Å². The van der Waals surface area contributed by atoms with Gasteiger partial charge in [0.15, 0.2) is 17.2 Å². The lowest BCUT2D eigenvalue weighted by molar-refractivity contribution is 0.208. The smallest absolute Gasteiger partial charge is 0.326 e. The van der Waals surface area contributed by atoms with Crippen molar-refractivity contribution in [3.05, 3.63) is 35.5 Å². The van der Waals surface area contributed by atoms with Crippen molar-refractivity contribution in [3.8, 4) is 11.8 Å². The summed E-state index contributed by atoms with van der Waals surface area (Å²) in [7, 11) is 0. The average Bonchev–Trinajstić information content (AvgIpc) is 3.31. The van der Waals surface area contributed by atoms with E-state index in [9.17, 15) is 13.9 Å². The van der Waals surface area contributed by atoms with Crippen molar-refractivity contribution in [2.45, 2.75) is 44.6 Å². The number of aliphatic hydroxyl groups is 1. The average molecular weight is 389 g/mol. The van der Waals surface area contributed by atoms with Gasteiger partial charge in [-0.15, -0.1) is 0 Å². The monoisotopic (exact) mass is 389 g/mol. The van der Waals surface area contributed by atoms with E-state index >= 15 is 0 Å². The summed E-state index contributed by atoms with van der Waals surface area (Å²) in [6, 6.07) is 2.90. The summed E-state index contributed by atoms with van der Waals surface area (Å²) in [4.78, 5) is 8.66. The van der Waals surface area contributed by atoms with E-state index in [0.717, 1.165) is 48.9 Å². The van der Waals surface area contributed by atoms with Crippen LogP contribution in [-0.4, -0.2) is 37.9 Å². The van der Waals surface area contributed by atoms with Crippen LogP contribution in [-0.2, 0) is 0 Å². The zero-order valence-electron chi connectivity index (χ0n) is 15.4. The number of H-pyrrole nitrogens is 1. The number of benzene rings is 1. The quantitative estimate of drug-likeness (QED) is 0.592. The van der Waals surface area contributed by atoms with Crippen LogP contribution in [0, 0.1) is 11.6 Å². The number of halogens is 2. The summed E-state index contributed by atoms with van der Waals surface area (Å²) in [5, 5.41) is 20.8. The van der Waals surface area contributed by atoms with Gasteiger partial charge in [-0.1, -0.05) is 12.8 Å². The van der Waals surface area contributed by atoms with Gasteiger partial charge in [0.1, 0.15) is 11.6 Å². The van der Waals surface area contributed by atoms with E-state index in [1.165, 1.54) is 6.07 Å². The van der Waals surface area contributed by atoms with E-state index in [1.807, 2.05) is 0 Å². The van der Waals surface area contributed by atoms with Gasteiger partial charge in [-0.3, -0.25) is 5.10 Å². The number of aliphatic hydroxyl groups excluding tert-OH is 1. The molecule has 2 heterocycles. The Kier molecular flexibility index (Phi) is 5.08. The van der Waals surface area contributed by atoms with E-state index in [1.54, 1.807) is 6.92 Å². The number of rotatable bonds is 6. The first-order valence-electron chi connectivity index (χ1n) is 9.32. The zero-order valence-corrected chi connectivity index (χ0v) is 15.4. The van der Waals surface area contributed by atoms with Gasteiger partial charge in [-0.25, -0.2) is 8.78 Å². The molecule has 3 N–H and O–H groups in total. The molecule has 1 aromatic carbocycles. The van der Waals surface area contributed by atoms with E-state index in [2.05, 4.69) is 25.5 Å². The topological polar surface area (TPSA) is 96.0 Å². The van der Waals surface area contributed by atoms with E-state index in [4.69, 9.17) is 4.74 Å². The Morgan fingerprint density at radius 1 is 1.29 bits per heavy atom. The molecule has 1 fully saturated rings. The highest BCUT2D eigenvalue weighted by molar-refractivity contribution is 5.90. The third-order valence-electron chi connectivity index (χ3n) is 4.83. The second kappa shape index (κ2) is 7.67. The number of fused-ring (bicyclic) bond motifs is 1. The molecule has 7 nitrogen and oxygen atoms in total. The third-order valence-corrected chi connectivity index (χ3v) is 4.83. The van der Waals surface area contributed by atoms with E-state index in [-0.39, 0.29) is 18.3 Å². The Labute approximate surface area is 160 Å². The maximum Gasteiger partial charge on any atom is 0.326 e. The summed E-state index contributed by atoms with van der Waals surface area (Å²) in [5.41, 5.74) is 1.35. The minimum Gasteiger partial charge on any atom is -0.421 e. The second-order valence-corrected chi connectivity index (χ2v) is 7.08. The predicted molar refractivity (Wildman–Crippen MR) is 99.5 cm³/mol. The van der Waals surface area contributed by atoms with Gasteiger partial charge in [-0.2, -0.15) is 15.1 Å². The molecular weight excluding hydrogens is 368 g/mol. The van der Waals surface area contributed by atoms with Crippen LogP contribution in [0.1, 0.15) is 44.2 Å². The maximum atomic E-state index is 13.9. The molecule has 1 atom stereocenters. The minimum absolute atomic E-state index is 0.104. The van der Waals surface area contributed by atoms with Crippen molar-refractivity contribution in [1.29, 1.82) is 0 Å². The van der Waals surface area contributed by atoms with Gasteiger partial charge in [0, 0.05) is 18.5 Å².